The summed E-state index contributed by atoms with van der Waals surface area (Å²) in [6.07, 6.45) is 8.23. The Morgan fingerprint density at radius 3 is 2.65 bits per heavy atom. The summed E-state index contributed by atoms with van der Waals surface area (Å²) < 4.78 is 11.7. The maximum Gasteiger partial charge on any atom is 0.410 e. The number of likely N-dealkylation sites (N-methyl/N-ethyl adjacent to an activating group) is 1. The van der Waals surface area contributed by atoms with Crippen LogP contribution in [0.5, 0.6) is 0 Å². The van der Waals surface area contributed by atoms with E-state index in [1.807, 2.05) is 63.4 Å². The molecule has 220 valence electrons. The number of rotatable bonds is 5. The number of carbonyl (C=O) groups excluding carboxylic acids is 2. The summed E-state index contributed by atoms with van der Waals surface area (Å²) in [5.74, 6) is -0.692. The second-order valence-corrected chi connectivity index (χ2v) is 11.3. The van der Waals surface area contributed by atoms with Gasteiger partial charge in [-0.2, -0.15) is 0 Å². The van der Waals surface area contributed by atoms with E-state index >= 15 is 0 Å². The van der Waals surface area contributed by atoms with Crippen molar-refractivity contribution in [2.45, 2.75) is 76.8 Å². The number of aromatic nitrogens is 1. The fourth-order valence-corrected chi connectivity index (χ4v) is 4.84. The lowest BCUT2D eigenvalue weighted by molar-refractivity contribution is -0.151. The first-order valence-corrected chi connectivity index (χ1v) is 14.1. The van der Waals surface area contributed by atoms with E-state index < -0.39 is 36.0 Å². The molecule has 1 fully saturated rings. The highest BCUT2D eigenvalue weighted by Crippen LogP contribution is 2.27. The largest absolute Gasteiger partial charge is 0.457 e. The summed E-state index contributed by atoms with van der Waals surface area (Å²) in [5.41, 5.74) is 0.337. The average Bonchev–Trinajstić information content (AvgIpc) is 2.92. The second kappa shape index (κ2) is 14.6. The molecule has 0 bridgehead atoms. The predicted molar refractivity (Wildman–Crippen MR) is 154 cm³/mol. The van der Waals surface area contributed by atoms with Crippen molar-refractivity contribution in [3.8, 4) is 0 Å². The third kappa shape index (κ3) is 9.28. The van der Waals surface area contributed by atoms with Gasteiger partial charge in [-0.05, 0) is 57.5 Å². The van der Waals surface area contributed by atoms with Crippen LogP contribution < -0.4 is 0 Å². The van der Waals surface area contributed by atoms with E-state index in [2.05, 4.69) is 16.8 Å². The number of allylic oxidation sites excluding steroid dienone is 3. The number of nitrogens with zero attached hydrogens (tertiary/aromatic N) is 3. The van der Waals surface area contributed by atoms with Gasteiger partial charge in [-0.1, -0.05) is 44.2 Å². The van der Waals surface area contributed by atoms with E-state index in [9.17, 15) is 19.8 Å². The number of hydrogen-bond donors (Lipinski definition) is 2. The number of carbonyl (C=O) groups is 2. The van der Waals surface area contributed by atoms with Gasteiger partial charge in [0, 0.05) is 49.9 Å². The molecule has 2 aliphatic rings. The van der Waals surface area contributed by atoms with Crippen LogP contribution in [0, 0.1) is 5.92 Å². The fraction of sp³-hybridized carbons (Fsp3) is 0.581. The predicted octanol–water partition coefficient (Wildman–Crippen LogP) is 3.84. The monoisotopic (exact) mass is 555 g/mol. The number of pyridine rings is 1. The highest BCUT2D eigenvalue weighted by Gasteiger charge is 2.36. The molecule has 2 aliphatic heterocycles. The van der Waals surface area contributed by atoms with Crippen molar-refractivity contribution in [2.75, 3.05) is 33.2 Å². The van der Waals surface area contributed by atoms with E-state index in [4.69, 9.17) is 9.47 Å². The van der Waals surface area contributed by atoms with Gasteiger partial charge in [0.2, 0.25) is 0 Å². The van der Waals surface area contributed by atoms with Gasteiger partial charge < -0.3 is 29.5 Å². The number of aliphatic hydroxyl groups is 2. The highest BCUT2D eigenvalue weighted by molar-refractivity contribution is 5.70. The molecule has 3 heterocycles. The molecule has 3 rings (SSSR count). The SMILES string of the molecule is CC(=CC=C[C@@H](C)c1ccccn1)[C@H]1OC(=O)C[C@H](O)CC[C@@](C)(O)[C@@H](OC(=O)N2CCN(C)CC2)/C=C/[C@@H]1C. The van der Waals surface area contributed by atoms with Crippen LogP contribution in [0.4, 0.5) is 4.79 Å². The Labute approximate surface area is 238 Å². The lowest BCUT2D eigenvalue weighted by Gasteiger charge is -2.36. The van der Waals surface area contributed by atoms with Crippen LogP contribution in [0.3, 0.4) is 0 Å². The van der Waals surface area contributed by atoms with Gasteiger partial charge in [0.25, 0.3) is 0 Å². The molecular weight excluding hydrogens is 510 g/mol. The number of esters is 1. The molecule has 1 amide bonds. The Morgan fingerprint density at radius 1 is 1.25 bits per heavy atom. The molecule has 0 spiro atoms. The van der Waals surface area contributed by atoms with Crippen LogP contribution in [-0.4, -0.2) is 94.2 Å². The Balaban J connectivity index is 1.81. The maximum atomic E-state index is 13.0. The molecule has 0 aromatic carbocycles. The zero-order chi connectivity index (χ0) is 29.3. The fourth-order valence-electron chi connectivity index (χ4n) is 4.84. The van der Waals surface area contributed by atoms with Crippen molar-refractivity contribution >= 4 is 12.1 Å². The molecule has 0 unspecified atom stereocenters. The Kier molecular flexibility index (Phi) is 11.5. The van der Waals surface area contributed by atoms with Gasteiger partial charge in [0.05, 0.1) is 12.5 Å². The first kappa shape index (κ1) is 31.5. The third-order valence-electron chi connectivity index (χ3n) is 7.68. The van der Waals surface area contributed by atoms with Crippen LogP contribution >= 0.6 is 0 Å². The number of hydrogen-bond acceptors (Lipinski definition) is 8. The van der Waals surface area contributed by atoms with E-state index in [0.29, 0.717) is 13.1 Å². The van der Waals surface area contributed by atoms with E-state index in [1.165, 1.54) is 0 Å². The van der Waals surface area contributed by atoms with Crippen LogP contribution in [0.1, 0.15) is 58.6 Å². The summed E-state index contributed by atoms with van der Waals surface area (Å²) in [5, 5.41) is 21.8. The zero-order valence-electron chi connectivity index (χ0n) is 24.4. The average molecular weight is 556 g/mol. The second-order valence-electron chi connectivity index (χ2n) is 11.3. The van der Waals surface area contributed by atoms with Gasteiger partial charge in [-0.25, -0.2) is 4.79 Å². The summed E-state index contributed by atoms with van der Waals surface area (Å²) in [7, 11) is 2.01. The van der Waals surface area contributed by atoms with Crippen molar-refractivity contribution in [1.82, 2.24) is 14.8 Å². The summed E-state index contributed by atoms with van der Waals surface area (Å²) in [6, 6.07) is 5.80. The minimum atomic E-state index is -1.44. The molecule has 1 saturated heterocycles. The molecule has 0 radical (unpaired) electrons. The quantitative estimate of drug-likeness (QED) is 0.320. The van der Waals surface area contributed by atoms with Crippen molar-refractivity contribution in [2.24, 2.45) is 5.92 Å². The van der Waals surface area contributed by atoms with Gasteiger partial charge >= 0.3 is 12.1 Å². The molecule has 1 aromatic heterocycles. The minimum Gasteiger partial charge on any atom is -0.457 e. The lowest BCUT2D eigenvalue weighted by atomic mass is 9.88. The molecular formula is C31H45N3O6. The van der Waals surface area contributed by atoms with E-state index in [-0.39, 0.29) is 31.1 Å². The van der Waals surface area contributed by atoms with Crippen molar-refractivity contribution in [3.63, 3.8) is 0 Å². The van der Waals surface area contributed by atoms with Crippen LogP contribution in [0.25, 0.3) is 0 Å². The van der Waals surface area contributed by atoms with Crippen LogP contribution in [0.2, 0.25) is 0 Å². The van der Waals surface area contributed by atoms with E-state index in [1.54, 1.807) is 24.1 Å². The Bertz CT molecular complexity index is 1060. The first-order chi connectivity index (χ1) is 19.0. The van der Waals surface area contributed by atoms with Crippen molar-refractivity contribution in [3.05, 3.63) is 66.0 Å². The third-order valence-corrected chi connectivity index (χ3v) is 7.68. The van der Waals surface area contributed by atoms with Gasteiger partial charge in [-0.15, -0.1) is 0 Å². The highest BCUT2D eigenvalue weighted by atomic mass is 16.6. The first-order valence-electron chi connectivity index (χ1n) is 14.1. The maximum absolute atomic E-state index is 13.0. The molecule has 0 saturated carbocycles. The minimum absolute atomic E-state index is 0.106. The molecule has 0 aliphatic carbocycles. The molecule has 9 nitrogen and oxygen atoms in total. The van der Waals surface area contributed by atoms with Gasteiger partial charge in [0.1, 0.15) is 11.7 Å². The number of aliphatic hydroxyl groups excluding tert-OH is 1. The lowest BCUT2D eigenvalue weighted by Crippen LogP contribution is -2.50. The topological polar surface area (TPSA) is 112 Å². The number of amides is 1. The van der Waals surface area contributed by atoms with Crippen molar-refractivity contribution in [1.29, 1.82) is 0 Å². The molecule has 1 aromatic rings. The van der Waals surface area contributed by atoms with Crippen LogP contribution in [0.15, 0.2) is 60.3 Å². The molecule has 6 atom stereocenters. The van der Waals surface area contributed by atoms with Crippen LogP contribution in [-0.2, 0) is 14.3 Å². The number of cyclic esters (lactones) is 1. The normalized spacial score (nSPS) is 31.1. The molecule has 40 heavy (non-hydrogen) atoms. The van der Waals surface area contributed by atoms with Gasteiger partial charge in [-0.3, -0.25) is 9.78 Å². The Hall–Kier alpha value is -3.01. The standard InChI is InChI=1S/C31H45N3O6/c1-22(26-11-6-7-16-32-26)9-8-10-23(2)29-24(3)12-13-27(39-30(37)34-19-17-33(5)18-20-34)31(4,38)15-14-25(35)21-28(36)40-29/h6-13,16,22,24-25,27,29,35,38H,14-15,17-21H2,1-5H3/b9-8?,13-12+,23-10?/t22-,24+,25-,27+,29-,31-/m1/s1. The number of piperazine rings is 1. The Morgan fingerprint density at radius 2 is 1.98 bits per heavy atom. The molecule has 9 heteroatoms. The van der Waals surface area contributed by atoms with Crippen molar-refractivity contribution < 1.29 is 29.3 Å². The molecule has 2 N–H and O–H groups in total. The number of ether oxygens (including phenoxy) is 2. The summed E-state index contributed by atoms with van der Waals surface area (Å²) in [6.45, 7) is 10.1. The summed E-state index contributed by atoms with van der Waals surface area (Å²) in [4.78, 5) is 33.9. The zero-order valence-corrected chi connectivity index (χ0v) is 24.4. The van der Waals surface area contributed by atoms with E-state index in [0.717, 1.165) is 24.4 Å². The summed E-state index contributed by atoms with van der Waals surface area (Å²) >= 11 is 0. The van der Waals surface area contributed by atoms with Gasteiger partial charge in [0.15, 0.2) is 6.10 Å². The smallest absolute Gasteiger partial charge is 0.410 e.